The van der Waals surface area contributed by atoms with Crippen LogP contribution in [0.4, 0.5) is 16.2 Å². The number of hydrogen-bond donors (Lipinski definition) is 2. The Balaban J connectivity index is 1.96. The van der Waals surface area contributed by atoms with Crippen LogP contribution in [0, 0.1) is 0 Å². The van der Waals surface area contributed by atoms with E-state index in [4.69, 9.17) is 4.74 Å². The molecule has 1 amide bonds. The predicted molar refractivity (Wildman–Crippen MR) is 103 cm³/mol. The molecule has 0 aliphatic heterocycles. The summed E-state index contributed by atoms with van der Waals surface area (Å²) in [7, 11) is 3.45. The van der Waals surface area contributed by atoms with Crippen LogP contribution in [-0.4, -0.2) is 25.8 Å². The highest BCUT2D eigenvalue weighted by atomic mass is 16.6. The van der Waals surface area contributed by atoms with Crippen molar-refractivity contribution in [3.05, 3.63) is 55.8 Å². The molecule has 0 saturated heterocycles. The molecule has 2 rings (SSSR count). The van der Waals surface area contributed by atoms with E-state index in [1.807, 2.05) is 45.0 Å². The summed E-state index contributed by atoms with van der Waals surface area (Å²) in [6.45, 7) is 6.17. The Bertz CT molecular complexity index is 858. The second-order valence-electron chi connectivity index (χ2n) is 7.31. The van der Waals surface area contributed by atoms with Crippen molar-refractivity contribution in [3.63, 3.8) is 0 Å². The Morgan fingerprint density at radius 2 is 1.69 bits per heavy atom. The van der Waals surface area contributed by atoms with Crippen molar-refractivity contribution in [3.8, 4) is 0 Å². The largest absolute Gasteiger partial charge is 0.444 e. The van der Waals surface area contributed by atoms with Gasteiger partial charge in [0, 0.05) is 27.2 Å². The number of benzene rings is 1. The van der Waals surface area contributed by atoms with E-state index in [2.05, 4.69) is 10.6 Å². The molecule has 140 valence electrons. The quantitative estimate of drug-likeness (QED) is 0.767. The first-order chi connectivity index (χ1) is 12.1. The molecule has 0 aliphatic rings. The number of nitrogens with one attached hydrogen (secondary N) is 2. The monoisotopic (exact) mass is 359 g/mol. The number of rotatable bonds is 6. The molecule has 2 aromatic rings. The lowest BCUT2D eigenvalue weighted by Gasteiger charge is -2.20. The van der Waals surface area contributed by atoms with Crippen molar-refractivity contribution >= 4 is 17.5 Å². The normalized spacial score (nSPS) is 11.3. The third kappa shape index (κ3) is 4.84. The van der Waals surface area contributed by atoms with E-state index >= 15 is 0 Å². The van der Waals surface area contributed by atoms with Gasteiger partial charge >= 0.3 is 6.09 Å². The van der Waals surface area contributed by atoms with Gasteiger partial charge in [-0.2, -0.15) is 0 Å². The van der Waals surface area contributed by atoms with Gasteiger partial charge in [0.15, 0.2) is 0 Å². The van der Waals surface area contributed by atoms with E-state index < -0.39 is 22.6 Å². The highest BCUT2D eigenvalue weighted by molar-refractivity contribution is 5.74. The second kappa shape index (κ2) is 7.59. The average molecular weight is 359 g/mol. The zero-order chi connectivity index (χ0) is 19.5. The van der Waals surface area contributed by atoms with Gasteiger partial charge in [-0.15, -0.1) is 0 Å². The van der Waals surface area contributed by atoms with Gasteiger partial charge in [-0.3, -0.25) is 9.59 Å². The fourth-order valence-electron chi connectivity index (χ4n) is 2.50. The van der Waals surface area contributed by atoms with Gasteiger partial charge in [0.25, 0.3) is 10.9 Å². The maximum atomic E-state index is 11.7. The van der Waals surface area contributed by atoms with E-state index in [0.29, 0.717) is 24.5 Å². The van der Waals surface area contributed by atoms with Crippen molar-refractivity contribution in [2.45, 2.75) is 39.5 Å². The fraction of sp³-hybridized carbons (Fsp3) is 0.421. The molecule has 0 atom stereocenters. The first-order valence-electron chi connectivity index (χ1n) is 8.37. The predicted octanol–water partition coefficient (Wildman–Crippen LogP) is 1.99. The van der Waals surface area contributed by atoms with Gasteiger partial charge in [-0.05, 0) is 31.9 Å². The molecule has 0 spiro atoms. The Kier molecular flexibility index (Phi) is 5.69. The summed E-state index contributed by atoms with van der Waals surface area (Å²) in [5.41, 5.74) is 1.10. The van der Waals surface area contributed by atoms with Crippen LogP contribution < -0.4 is 26.4 Å². The molecule has 0 fully saturated rings. The Morgan fingerprint density at radius 3 is 2.27 bits per heavy atom. The van der Waals surface area contributed by atoms with Crippen LogP contribution in [0.1, 0.15) is 31.9 Å². The first kappa shape index (κ1) is 19.5. The average Bonchev–Trinajstić information content (AvgIpc) is 2.54. The minimum Gasteiger partial charge on any atom is -0.444 e. The SMILES string of the molecule is CN(C)c1c(NCc2cccc(CNC(=O)OC(C)(C)C)c2)c(=O)c1=O. The summed E-state index contributed by atoms with van der Waals surface area (Å²) in [5.74, 6) is 0. The van der Waals surface area contributed by atoms with Gasteiger partial charge in [-0.1, -0.05) is 24.3 Å². The molecule has 2 aromatic carbocycles. The topological polar surface area (TPSA) is 87.7 Å². The summed E-state index contributed by atoms with van der Waals surface area (Å²) < 4.78 is 5.20. The minimum atomic E-state index is -0.541. The van der Waals surface area contributed by atoms with E-state index in [1.165, 1.54) is 0 Å². The van der Waals surface area contributed by atoms with Crippen molar-refractivity contribution in [1.29, 1.82) is 0 Å². The highest BCUT2D eigenvalue weighted by Crippen LogP contribution is 2.18. The lowest BCUT2D eigenvalue weighted by atomic mass is 10.1. The van der Waals surface area contributed by atoms with E-state index in [9.17, 15) is 14.4 Å². The van der Waals surface area contributed by atoms with Crippen LogP contribution >= 0.6 is 0 Å². The minimum absolute atomic E-state index is 0.339. The van der Waals surface area contributed by atoms with Gasteiger partial charge in [0.1, 0.15) is 17.0 Å². The molecular weight excluding hydrogens is 334 g/mol. The highest BCUT2D eigenvalue weighted by Gasteiger charge is 2.22. The number of alkyl carbamates (subject to hydrolysis) is 1. The molecule has 26 heavy (non-hydrogen) atoms. The summed E-state index contributed by atoms with van der Waals surface area (Å²) in [6, 6.07) is 7.59. The molecular formula is C19H25N3O4. The molecule has 0 aliphatic carbocycles. The van der Waals surface area contributed by atoms with Gasteiger partial charge in [0.05, 0.1) is 0 Å². The van der Waals surface area contributed by atoms with E-state index in [0.717, 1.165) is 11.1 Å². The lowest BCUT2D eigenvalue weighted by molar-refractivity contribution is 0.0523. The number of amides is 1. The van der Waals surface area contributed by atoms with Crippen molar-refractivity contribution in [1.82, 2.24) is 5.32 Å². The molecule has 0 heterocycles. The van der Waals surface area contributed by atoms with E-state index in [1.54, 1.807) is 19.0 Å². The smallest absolute Gasteiger partial charge is 0.407 e. The van der Waals surface area contributed by atoms with E-state index in [-0.39, 0.29) is 0 Å². The molecule has 0 unspecified atom stereocenters. The number of ether oxygens (including phenoxy) is 1. The van der Waals surface area contributed by atoms with Crippen molar-refractivity contribution in [2.75, 3.05) is 24.3 Å². The maximum absolute atomic E-state index is 11.7. The van der Waals surface area contributed by atoms with Gasteiger partial charge in [-0.25, -0.2) is 4.79 Å². The summed E-state index contributed by atoms with van der Waals surface area (Å²) in [4.78, 5) is 36.6. The van der Waals surface area contributed by atoms with Crippen LogP contribution in [0.5, 0.6) is 0 Å². The van der Waals surface area contributed by atoms with Crippen LogP contribution in [0.25, 0.3) is 0 Å². The number of anilines is 2. The number of carbonyl (C=O) groups excluding carboxylic acids is 1. The summed E-state index contributed by atoms with van der Waals surface area (Å²) >= 11 is 0. The Labute approximate surface area is 152 Å². The van der Waals surface area contributed by atoms with Crippen LogP contribution in [-0.2, 0) is 17.8 Å². The van der Waals surface area contributed by atoms with Crippen molar-refractivity contribution < 1.29 is 9.53 Å². The Hall–Kier alpha value is -2.83. The number of hydrogen-bond acceptors (Lipinski definition) is 6. The van der Waals surface area contributed by atoms with Crippen LogP contribution in [0.2, 0.25) is 0 Å². The first-order valence-corrected chi connectivity index (χ1v) is 8.37. The zero-order valence-electron chi connectivity index (χ0n) is 15.8. The number of carbonyl (C=O) groups is 1. The Morgan fingerprint density at radius 1 is 1.08 bits per heavy atom. The maximum Gasteiger partial charge on any atom is 0.407 e. The van der Waals surface area contributed by atoms with Crippen LogP contribution in [0.3, 0.4) is 0 Å². The molecule has 2 N–H and O–H groups in total. The standard InChI is InChI=1S/C19H25N3O4/c1-19(2,3)26-18(25)21-11-13-8-6-7-12(9-13)10-20-14-15(22(4)5)17(24)16(14)23/h6-9,20H,10-11H2,1-5H3,(H,21,25). The van der Waals surface area contributed by atoms with Gasteiger partial charge in [0.2, 0.25) is 0 Å². The molecule has 0 radical (unpaired) electrons. The number of nitrogens with zero attached hydrogens (tertiary/aromatic N) is 1. The molecule has 0 bridgehead atoms. The molecule has 7 nitrogen and oxygen atoms in total. The fourth-order valence-corrected chi connectivity index (χ4v) is 2.50. The third-order valence-corrected chi connectivity index (χ3v) is 3.63. The molecule has 0 saturated carbocycles. The molecule has 0 aromatic heterocycles. The summed E-state index contributed by atoms with van der Waals surface area (Å²) in [6.07, 6.45) is -0.472. The lowest BCUT2D eigenvalue weighted by Crippen LogP contribution is -2.39. The third-order valence-electron chi connectivity index (χ3n) is 3.63. The molecule has 7 heteroatoms. The second-order valence-corrected chi connectivity index (χ2v) is 7.31. The zero-order valence-corrected chi connectivity index (χ0v) is 15.8. The van der Waals surface area contributed by atoms with Crippen LogP contribution in [0.15, 0.2) is 33.9 Å². The van der Waals surface area contributed by atoms with Crippen molar-refractivity contribution in [2.24, 2.45) is 0 Å². The van der Waals surface area contributed by atoms with Gasteiger partial charge < -0.3 is 20.3 Å². The summed E-state index contributed by atoms with van der Waals surface area (Å²) in [5, 5.41) is 5.73.